The lowest BCUT2D eigenvalue weighted by atomic mass is 10.1. The Hall–Kier alpha value is -1.77. The van der Waals surface area contributed by atoms with Crippen LogP contribution in [0.3, 0.4) is 0 Å². The van der Waals surface area contributed by atoms with Gasteiger partial charge in [0.25, 0.3) is 0 Å². The molecular weight excluding hydrogens is 566 g/mol. The van der Waals surface area contributed by atoms with Crippen molar-refractivity contribution in [1.29, 1.82) is 0 Å². The number of carbonyl (C=O) groups excluding carboxylic acids is 3. The molecule has 0 aliphatic heterocycles. The van der Waals surface area contributed by atoms with Gasteiger partial charge in [0.2, 0.25) is 5.91 Å². The van der Waals surface area contributed by atoms with Gasteiger partial charge in [0.05, 0.1) is 0 Å². The summed E-state index contributed by atoms with van der Waals surface area (Å²) in [6, 6.07) is -1.03. The van der Waals surface area contributed by atoms with Gasteiger partial charge in [0, 0.05) is 30.8 Å². The molecule has 0 unspecified atom stereocenters. The highest BCUT2D eigenvalue weighted by molar-refractivity contribution is 7.99. The molecule has 1 amide bonds. The van der Waals surface area contributed by atoms with E-state index in [1.54, 1.807) is 0 Å². The van der Waals surface area contributed by atoms with Crippen LogP contribution in [0.25, 0.3) is 0 Å². The molecule has 0 rings (SSSR count). The number of rotatable bonds is 31. The fourth-order valence-electron chi connectivity index (χ4n) is 4.72. The van der Waals surface area contributed by atoms with E-state index in [1.807, 2.05) is 0 Å². The molecule has 0 aromatic carbocycles. The predicted molar refractivity (Wildman–Crippen MR) is 176 cm³/mol. The summed E-state index contributed by atoms with van der Waals surface area (Å²) in [5, 5.41) is 12.2. The van der Waals surface area contributed by atoms with Gasteiger partial charge in [0.15, 0.2) is 0 Å². The first-order valence-corrected chi connectivity index (χ1v) is 18.4. The average Bonchev–Trinajstić information content (AvgIpc) is 2.98. The number of aliphatic carboxylic acids is 1. The number of esters is 2. The van der Waals surface area contributed by atoms with Crippen LogP contribution in [-0.2, 0) is 28.7 Å². The van der Waals surface area contributed by atoms with Crippen molar-refractivity contribution in [2.45, 2.75) is 174 Å². The zero-order valence-corrected chi connectivity index (χ0v) is 28.5. The molecule has 0 fully saturated rings. The van der Waals surface area contributed by atoms with Crippen molar-refractivity contribution in [3.8, 4) is 0 Å². The molecule has 0 spiro atoms. The van der Waals surface area contributed by atoms with Crippen molar-refractivity contribution < 1.29 is 33.8 Å². The fraction of sp³-hybridized carbons (Fsp3) is 0.882. The van der Waals surface area contributed by atoms with E-state index in [-0.39, 0.29) is 36.0 Å². The molecule has 0 aliphatic rings. The predicted octanol–water partition coefficient (Wildman–Crippen LogP) is 8.39. The average molecular weight is 630 g/mol. The van der Waals surface area contributed by atoms with Gasteiger partial charge in [-0.1, -0.05) is 124 Å². The second kappa shape index (κ2) is 30.3. The molecular formula is C34H63NO7S. The topological polar surface area (TPSA) is 119 Å². The molecule has 0 aliphatic carbocycles. The molecule has 0 radical (unpaired) electrons. The molecule has 0 heterocycles. The third-order valence-electron chi connectivity index (χ3n) is 7.43. The number of carboxylic acids is 1. The normalized spacial score (nSPS) is 12.4. The Morgan fingerprint density at radius 3 is 1.53 bits per heavy atom. The van der Waals surface area contributed by atoms with Gasteiger partial charge in [-0.25, -0.2) is 4.79 Å². The minimum absolute atomic E-state index is 0.0487. The SMILES string of the molecule is CCCCCCCCCC(=O)OC[C@H](CSC[C@@H](NC(=O)CCCCCCC)C(=O)O)OC(=O)CCCCCCCCC. The number of hydrogen-bond donors (Lipinski definition) is 2. The molecule has 2 atom stereocenters. The number of ether oxygens (including phenoxy) is 2. The van der Waals surface area contributed by atoms with Gasteiger partial charge < -0.3 is 19.9 Å². The maximum absolute atomic E-state index is 12.5. The van der Waals surface area contributed by atoms with Crippen molar-refractivity contribution in [1.82, 2.24) is 5.32 Å². The van der Waals surface area contributed by atoms with Gasteiger partial charge in [-0.3, -0.25) is 14.4 Å². The molecule has 252 valence electrons. The van der Waals surface area contributed by atoms with E-state index in [9.17, 15) is 24.3 Å². The molecule has 9 heteroatoms. The van der Waals surface area contributed by atoms with Crippen LogP contribution in [0.2, 0.25) is 0 Å². The highest BCUT2D eigenvalue weighted by atomic mass is 32.2. The second-order valence-electron chi connectivity index (χ2n) is 11.7. The second-order valence-corrected chi connectivity index (χ2v) is 12.8. The van der Waals surface area contributed by atoms with E-state index in [1.165, 1.54) is 63.1 Å². The number of nitrogens with one attached hydrogen (secondary N) is 1. The van der Waals surface area contributed by atoms with Crippen LogP contribution in [-0.4, -0.2) is 59.2 Å². The highest BCUT2D eigenvalue weighted by Gasteiger charge is 2.22. The minimum Gasteiger partial charge on any atom is -0.480 e. The van der Waals surface area contributed by atoms with Crippen molar-refractivity contribution >= 4 is 35.6 Å². The van der Waals surface area contributed by atoms with Crippen LogP contribution < -0.4 is 5.32 Å². The van der Waals surface area contributed by atoms with Gasteiger partial charge in [0.1, 0.15) is 18.8 Å². The smallest absolute Gasteiger partial charge is 0.327 e. The number of thioether (sulfide) groups is 1. The Kier molecular flexibility index (Phi) is 29.0. The quantitative estimate of drug-likeness (QED) is 0.0580. The van der Waals surface area contributed by atoms with Crippen molar-refractivity contribution in [2.75, 3.05) is 18.1 Å². The van der Waals surface area contributed by atoms with Crippen LogP contribution in [0.1, 0.15) is 162 Å². The summed E-state index contributed by atoms with van der Waals surface area (Å²) < 4.78 is 11.1. The molecule has 0 bridgehead atoms. The van der Waals surface area contributed by atoms with Crippen molar-refractivity contribution in [3.63, 3.8) is 0 Å². The van der Waals surface area contributed by atoms with Gasteiger partial charge in [-0.05, 0) is 19.3 Å². The fourth-order valence-corrected chi connectivity index (χ4v) is 5.74. The van der Waals surface area contributed by atoms with Crippen LogP contribution >= 0.6 is 11.8 Å². The molecule has 0 saturated heterocycles. The lowest BCUT2D eigenvalue weighted by molar-refractivity contribution is -0.157. The molecule has 0 saturated carbocycles. The number of carbonyl (C=O) groups is 4. The van der Waals surface area contributed by atoms with Crippen LogP contribution in [0, 0.1) is 0 Å². The minimum atomic E-state index is -1.10. The Bertz CT molecular complexity index is 719. The first kappa shape index (κ1) is 41.2. The molecule has 0 aromatic rings. The monoisotopic (exact) mass is 629 g/mol. The molecule has 0 aromatic heterocycles. The first-order valence-electron chi connectivity index (χ1n) is 17.3. The summed E-state index contributed by atoms with van der Waals surface area (Å²) in [7, 11) is 0. The van der Waals surface area contributed by atoms with E-state index in [4.69, 9.17) is 9.47 Å². The lowest BCUT2D eigenvalue weighted by Gasteiger charge is -2.19. The van der Waals surface area contributed by atoms with E-state index in [0.717, 1.165) is 70.6 Å². The van der Waals surface area contributed by atoms with E-state index >= 15 is 0 Å². The van der Waals surface area contributed by atoms with E-state index in [2.05, 4.69) is 26.1 Å². The third-order valence-corrected chi connectivity index (χ3v) is 8.60. The molecule has 2 N–H and O–H groups in total. The van der Waals surface area contributed by atoms with Crippen LogP contribution in [0.15, 0.2) is 0 Å². The van der Waals surface area contributed by atoms with Crippen molar-refractivity contribution in [2.24, 2.45) is 0 Å². The summed E-state index contributed by atoms with van der Waals surface area (Å²) in [6.07, 6.45) is 20.8. The Balaban J connectivity index is 4.69. The Labute approximate surface area is 266 Å². The Morgan fingerprint density at radius 1 is 0.605 bits per heavy atom. The van der Waals surface area contributed by atoms with Crippen molar-refractivity contribution in [3.05, 3.63) is 0 Å². The zero-order valence-electron chi connectivity index (χ0n) is 27.6. The number of amides is 1. The standard InChI is InChI=1S/C34H63NO7S/c1-4-7-10-13-15-18-21-24-32(37)41-26-29(42-33(38)25-22-19-16-14-11-8-5-2)27-43-28-30(34(39)40)35-31(36)23-20-17-12-9-6-3/h29-30H,4-28H2,1-3H3,(H,35,36)(H,39,40)/t29-,30-/m1/s1. The Morgan fingerprint density at radius 2 is 1.05 bits per heavy atom. The summed E-state index contributed by atoms with van der Waals surface area (Å²) in [6.45, 7) is 6.46. The van der Waals surface area contributed by atoms with Gasteiger partial charge >= 0.3 is 17.9 Å². The first-order chi connectivity index (χ1) is 20.8. The molecule has 8 nitrogen and oxygen atoms in total. The lowest BCUT2D eigenvalue weighted by Crippen LogP contribution is -2.42. The zero-order chi connectivity index (χ0) is 32.0. The maximum atomic E-state index is 12.5. The maximum Gasteiger partial charge on any atom is 0.327 e. The van der Waals surface area contributed by atoms with Crippen LogP contribution in [0.4, 0.5) is 0 Å². The van der Waals surface area contributed by atoms with Gasteiger partial charge in [-0.2, -0.15) is 11.8 Å². The highest BCUT2D eigenvalue weighted by Crippen LogP contribution is 2.14. The third kappa shape index (κ3) is 27.5. The number of unbranched alkanes of at least 4 members (excludes halogenated alkanes) is 16. The molecule has 43 heavy (non-hydrogen) atoms. The summed E-state index contributed by atoms with van der Waals surface area (Å²) in [5.41, 5.74) is 0. The summed E-state index contributed by atoms with van der Waals surface area (Å²) >= 11 is 1.27. The summed E-state index contributed by atoms with van der Waals surface area (Å²) in [5.74, 6) is -1.57. The van der Waals surface area contributed by atoms with E-state index in [0.29, 0.717) is 19.3 Å². The van der Waals surface area contributed by atoms with E-state index < -0.39 is 18.1 Å². The number of hydrogen-bond acceptors (Lipinski definition) is 7. The largest absolute Gasteiger partial charge is 0.480 e. The van der Waals surface area contributed by atoms with Crippen LogP contribution in [0.5, 0.6) is 0 Å². The number of carboxylic acid groups (broad SMARTS) is 1. The summed E-state index contributed by atoms with van der Waals surface area (Å²) in [4.78, 5) is 48.9. The van der Waals surface area contributed by atoms with Gasteiger partial charge in [-0.15, -0.1) is 0 Å².